The third kappa shape index (κ3) is 5.77. The zero-order valence-electron chi connectivity index (χ0n) is 13.5. The molecule has 0 aliphatic heterocycles. The summed E-state index contributed by atoms with van der Waals surface area (Å²) in [5, 5.41) is 2.54. The van der Waals surface area contributed by atoms with Crippen molar-refractivity contribution in [3.63, 3.8) is 0 Å². The number of alkyl halides is 3. The van der Waals surface area contributed by atoms with E-state index in [-0.39, 0.29) is 13.2 Å². The summed E-state index contributed by atoms with van der Waals surface area (Å²) < 4.78 is 44.1. The molecule has 0 aromatic heterocycles. The highest BCUT2D eigenvalue weighted by Crippen LogP contribution is 2.29. The predicted octanol–water partition coefficient (Wildman–Crippen LogP) is 4.73. The summed E-state index contributed by atoms with van der Waals surface area (Å²) in [7, 11) is 0. The lowest BCUT2D eigenvalue weighted by atomic mass is 10.1. The van der Waals surface area contributed by atoms with Gasteiger partial charge in [-0.25, -0.2) is 0 Å². The molecule has 0 fully saturated rings. The van der Waals surface area contributed by atoms with E-state index in [1.807, 2.05) is 19.1 Å². The van der Waals surface area contributed by atoms with Crippen LogP contribution >= 0.6 is 15.9 Å². The Morgan fingerprint density at radius 1 is 1.16 bits per heavy atom. The third-order valence-electron chi connectivity index (χ3n) is 3.51. The van der Waals surface area contributed by atoms with Crippen LogP contribution in [0.25, 0.3) is 0 Å². The van der Waals surface area contributed by atoms with Gasteiger partial charge in [0.1, 0.15) is 5.75 Å². The highest BCUT2D eigenvalue weighted by Gasteiger charge is 2.30. The second-order valence-corrected chi connectivity index (χ2v) is 6.24. The Balaban J connectivity index is 1.87. The number of amides is 1. The van der Waals surface area contributed by atoms with Crippen molar-refractivity contribution in [2.45, 2.75) is 26.1 Å². The molecule has 0 spiro atoms. The van der Waals surface area contributed by atoms with Gasteiger partial charge in [-0.1, -0.05) is 25.1 Å². The van der Waals surface area contributed by atoms with Crippen molar-refractivity contribution in [3.05, 3.63) is 63.6 Å². The fourth-order valence-electron chi connectivity index (χ4n) is 2.13. The molecule has 0 aliphatic carbocycles. The number of hydrogen-bond acceptors (Lipinski definition) is 2. The van der Waals surface area contributed by atoms with E-state index in [0.29, 0.717) is 11.3 Å². The van der Waals surface area contributed by atoms with Crippen molar-refractivity contribution in [1.29, 1.82) is 0 Å². The van der Waals surface area contributed by atoms with Gasteiger partial charge >= 0.3 is 6.18 Å². The molecule has 1 amide bonds. The van der Waals surface area contributed by atoms with Crippen molar-refractivity contribution >= 4 is 21.8 Å². The van der Waals surface area contributed by atoms with Crippen LogP contribution in [-0.4, -0.2) is 12.5 Å². The van der Waals surface area contributed by atoms with Crippen molar-refractivity contribution in [3.8, 4) is 5.75 Å². The quantitative estimate of drug-likeness (QED) is 0.740. The zero-order valence-corrected chi connectivity index (χ0v) is 15.1. The Labute approximate surface area is 152 Å². The second-order valence-electron chi connectivity index (χ2n) is 5.38. The molecule has 2 rings (SSSR count). The van der Waals surface area contributed by atoms with Crippen molar-refractivity contribution in [2.24, 2.45) is 0 Å². The summed E-state index contributed by atoms with van der Waals surface area (Å²) in [4.78, 5) is 11.8. The van der Waals surface area contributed by atoms with E-state index in [0.717, 1.165) is 28.6 Å². The number of aryl methyl sites for hydroxylation is 1. The van der Waals surface area contributed by atoms with E-state index >= 15 is 0 Å². The normalized spacial score (nSPS) is 11.2. The molecular weight excluding hydrogens is 399 g/mol. The van der Waals surface area contributed by atoms with Gasteiger partial charge in [-0.2, -0.15) is 13.2 Å². The molecule has 2 aromatic rings. The summed E-state index contributed by atoms with van der Waals surface area (Å²) in [5.74, 6) is 0.121. The second kappa shape index (κ2) is 8.38. The number of ether oxygens (including phenoxy) is 1. The Hall–Kier alpha value is -2.02. The van der Waals surface area contributed by atoms with Crippen LogP contribution in [0.3, 0.4) is 0 Å². The van der Waals surface area contributed by atoms with E-state index in [9.17, 15) is 18.0 Å². The number of carbonyl (C=O) groups is 1. The minimum Gasteiger partial charge on any atom is -0.483 e. The molecule has 25 heavy (non-hydrogen) atoms. The van der Waals surface area contributed by atoms with E-state index in [4.69, 9.17) is 4.74 Å². The molecule has 0 heterocycles. The van der Waals surface area contributed by atoms with Gasteiger partial charge in [-0.15, -0.1) is 0 Å². The van der Waals surface area contributed by atoms with Gasteiger partial charge in [-0.3, -0.25) is 4.79 Å². The number of benzene rings is 2. The Morgan fingerprint density at radius 3 is 2.56 bits per heavy atom. The fourth-order valence-corrected chi connectivity index (χ4v) is 2.67. The number of carbonyl (C=O) groups excluding carboxylic acids is 1. The summed E-state index contributed by atoms with van der Waals surface area (Å²) in [6, 6.07) is 10.4. The number of rotatable bonds is 6. The minimum absolute atomic E-state index is 0.00204. The van der Waals surface area contributed by atoms with Gasteiger partial charge in [0.15, 0.2) is 6.61 Å². The van der Waals surface area contributed by atoms with Crippen LogP contribution in [0.2, 0.25) is 0 Å². The standard InChI is InChI=1S/C18H17BrF3NO2/c1-2-12-6-7-16(15(19)9-12)25-11-17(24)23-10-13-4-3-5-14(8-13)18(20,21)22/h3-9H,2,10-11H2,1H3,(H,23,24). The summed E-state index contributed by atoms with van der Waals surface area (Å²) in [5.41, 5.74) is 0.764. The van der Waals surface area contributed by atoms with E-state index < -0.39 is 17.6 Å². The van der Waals surface area contributed by atoms with Crippen LogP contribution in [0.5, 0.6) is 5.75 Å². The van der Waals surface area contributed by atoms with Gasteiger partial charge in [0.25, 0.3) is 5.91 Å². The van der Waals surface area contributed by atoms with E-state index in [1.165, 1.54) is 12.1 Å². The molecule has 2 aromatic carbocycles. The van der Waals surface area contributed by atoms with Gasteiger partial charge in [-0.05, 0) is 57.7 Å². The van der Waals surface area contributed by atoms with Gasteiger partial charge in [0.05, 0.1) is 10.0 Å². The van der Waals surface area contributed by atoms with Crippen LogP contribution in [0.1, 0.15) is 23.6 Å². The molecule has 0 saturated heterocycles. The first kappa shape index (κ1) is 19.3. The lowest BCUT2D eigenvalue weighted by Gasteiger charge is -2.11. The summed E-state index contributed by atoms with van der Waals surface area (Å²) in [6.07, 6.45) is -3.52. The highest BCUT2D eigenvalue weighted by molar-refractivity contribution is 9.10. The van der Waals surface area contributed by atoms with Crippen molar-refractivity contribution in [2.75, 3.05) is 6.61 Å². The van der Waals surface area contributed by atoms with Crippen LogP contribution in [0, 0.1) is 0 Å². The van der Waals surface area contributed by atoms with Crippen molar-refractivity contribution < 1.29 is 22.7 Å². The number of hydrogen-bond donors (Lipinski definition) is 1. The maximum atomic E-state index is 12.7. The van der Waals surface area contributed by atoms with Crippen LogP contribution in [0.15, 0.2) is 46.9 Å². The first-order valence-corrected chi connectivity index (χ1v) is 8.43. The average molecular weight is 416 g/mol. The number of halogens is 4. The molecule has 0 bridgehead atoms. The molecule has 0 aliphatic rings. The molecule has 0 atom stereocenters. The lowest BCUT2D eigenvalue weighted by Crippen LogP contribution is -2.28. The molecule has 1 N–H and O–H groups in total. The summed E-state index contributed by atoms with van der Waals surface area (Å²) in [6.45, 7) is 1.81. The molecular formula is C18H17BrF3NO2. The monoisotopic (exact) mass is 415 g/mol. The van der Waals surface area contributed by atoms with Crippen LogP contribution in [0.4, 0.5) is 13.2 Å². The fraction of sp³-hybridized carbons (Fsp3) is 0.278. The lowest BCUT2D eigenvalue weighted by molar-refractivity contribution is -0.137. The Morgan fingerprint density at radius 2 is 1.92 bits per heavy atom. The molecule has 0 radical (unpaired) electrons. The maximum absolute atomic E-state index is 12.7. The van der Waals surface area contributed by atoms with E-state index in [2.05, 4.69) is 21.2 Å². The van der Waals surface area contributed by atoms with Crippen LogP contribution < -0.4 is 10.1 Å². The van der Waals surface area contributed by atoms with Crippen molar-refractivity contribution in [1.82, 2.24) is 5.32 Å². The molecule has 3 nitrogen and oxygen atoms in total. The topological polar surface area (TPSA) is 38.3 Å². The largest absolute Gasteiger partial charge is 0.483 e. The first-order chi connectivity index (χ1) is 11.8. The highest BCUT2D eigenvalue weighted by atomic mass is 79.9. The van der Waals surface area contributed by atoms with Gasteiger partial charge < -0.3 is 10.1 Å². The minimum atomic E-state index is -4.40. The zero-order chi connectivity index (χ0) is 18.4. The van der Waals surface area contributed by atoms with Gasteiger partial charge in [0, 0.05) is 6.54 Å². The first-order valence-electron chi connectivity index (χ1n) is 7.63. The molecule has 0 unspecified atom stereocenters. The molecule has 134 valence electrons. The maximum Gasteiger partial charge on any atom is 0.416 e. The van der Waals surface area contributed by atoms with E-state index in [1.54, 1.807) is 6.07 Å². The van der Waals surface area contributed by atoms with Crippen LogP contribution in [-0.2, 0) is 23.9 Å². The Bertz CT molecular complexity index is 747. The third-order valence-corrected chi connectivity index (χ3v) is 4.13. The number of nitrogens with one attached hydrogen (secondary N) is 1. The Kier molecular flexibility index (Phi) is 6.47. The SMILES string of the molecule is CCc1ccc(OCC(=O)NCc2cccc(C(F)(F)F)c2)c(Br)c1. The average Bonchev–Trinajstić information content (AvgIpc) is 2.58. The smallest absolute Gasteiger partial charge is 0.416 e. The predicted molar refractivity (Wildman–Crippen MR) is 92.3 cm³/mol. The summed E-state index contributed by atoms with van der Waals surface area (Å²) >= 11 is 3.38. The molecule has 7 heteroatoms. The molecule has 0 saturated carbocycles. The van der Waals surface area contributed by atoms with Gasteiger partial charge in [0.2, 0.25) is 0 Å².